The fourth-order valence-electron chi connectivity index (χ4n) is 2.02. The number of nitrogens with zero attached hydrogens (tertiary/aromatic N) is 3. The van der Waals surface area contributed by atoms with Gasteiger partial charge >= 0.3 is 12.3 Å². The Hall–Kier alpha value is -2.10. The smallest absolute Gasteiger partial charge is 0.320 e. The average molecular weight is 285 g/mol. The largest absolute Gasteiger partial charge is 0.364 e. The number of halogens is 4. The molecule has 0 fully saturated rings. The van der Waals surface area contributed by atoms with Gasteiger partial charge in [-0.3, -0.25) is 0 Å². The van der Waals surface area contributed by atoms with E-state index in [2.05, 4.69) is 4.98 Å². The molecule has 0 spiro atoms. The molecular formula is C13H11F4N3. The second-order valence-corrected chi connectivity index (χ2v) is 4.64. The molecule has 0 atom stereocenters. The minimum Gasteiger partial charge on any atom is -0.320 e. The highest BCUT2D eigenvalue weighted by Gasteiger charge is 2.47. The average Bonchev–Trinajstić information content (AvgIpc) is 2.77. The van der Waals surface area contributed by atoms with E-state index in [1.165, 1.54) is 18.2 Å². The third kappa shape index (κ3) is 2.11. The third-order valence-corrected chi connectivity index (χ3v) is 2.91. The van der Waals surface area contributed by atoms with Gasteiger partial charge in [0.05, 0.1) is 22.7 Å². The zero-order valence-electron chi connectivity index (χ0n) is 10.7. The van der Waals surface area contributed by atoms with E-state index in [0.717, 1.165) is 4.57 Å². The number of hydrogen-bond donors (Lipinski definition) is 0. The fourth-order valence-corrected chi connectivity index (χ4v) is 2.02. The summed E-state index contributed by atoms with van der Waals surface area (Å²) >= 11 is 0. The molecule has 0 unspecified atom stereocenters. The first kappa shape index (κ1) is 14.3. The summed E-state index contributed by atoms with van der Waals surface area (Å²) in [6, 6.07) is 5.57. The Morgan fingerprint density at radius 3 is 2.45 bits per heavy atom. The number of aromatic nitrogens is 2. The van der Waals surface area contributed by atoms with Crippen molar-refractivity contribution in [2.45, 2.75) is 32.2 Å². The molecule has 0 aliphatic carbocycles. The van der Waals surface area contributed by atoms with Crippen LogP contribution in [0, 0.1) is 11.3 Å². The molecule has 0 saturated heterocycles. The van der Waals surface area contributed by atoms with Gasteiger partial charge in [0.1, 0.15) is 0 Å². The highest BCUT2D eigenvalue weighted by atomic mass is 19.3. The van der Waals surface area contributed by atoms with Crippen LogP contribution in [-0.2, 0) is 5.92 Å². The van der Waals surface area contributed by atoms with E-state index in [1.807, 2.05) is 6.07 Å². The predicted molar refractivity (Wildman–Crippen MR) is 64.7 cm³/mol. The Kier molecular flexibility index (Phi) is 3.42. The molecule has 106 valence electrons. The van der Waals surface area contributed by atoms with Crippen LogP contribution in [0.5, 0.6) is 0 Å². The first-order chi connectivity index (χ1) is 9.28. The Bertz CT molecular complexity index is 683. The van der Waals surface area contributed by atoms with Crippen LogP contribution in [0.3, 0.4) is 0 Å². The molecule has 0 saturated carbocycles. The number of rotatable bonds is 3. The van der Waals surface area contributed by atoms with Crippen LogP contribution in [0.4, 0.5) is 17.6 Å². The lowest BCUT2D eigenvalue weighted by atomic mass is 10.2. The van der Waals surface area contributed by atoms with E-state index >= 15 is 0 Å². The summed E-state index contributed by atoms with van der Waals surface area (Å²) in [5.74, 6) is -5.32. The molecule has 1 aromatic heterocycles. The normalized spacial score (nSPS) is 12.3. The number of alkyl halides is 4. The Morgan fingerprint density at radius 2 is 1.95 bits per heavy atom. The van der Waals surface area contributed by atoms with E-state index in [9.17, 15) is 17.6 Å². The van der Waals surface area contributed by atoms with E-state index in [0.29, 0.717) is 5.52 Å². The number of fused-ring (bicyclic) bond motifs is 1. The van der Waals surface area contributed by atoms with Crippen molar-refractivity contribution in [3.8, 4) is 6.07 Å². The SMILES string of the molecule is CC(C)n1c(C(F)(F)C(F)F)nc2cc(C#N)ccc21. The Balaban J connectivity index is 2.78. The molecule has 0 aliphatic heterocycles. The van der Waals surface area contributed by atoms with Gasteiger partial charge in [0.15, 0.2) is 5.82 Å². The van der Waals surface area contributed by atoms with Crippen LogP contribution < -0.4 is 0 Å². The molecule has 3 nitrogen and oxygen atoms in total. The van der Waals surface area contributed by atoms with Crippen LogP contribution in [0.1, 0.15) is 31.3 Å². The van der Waals surface area contributed by atoms with Gasteiger partial charge in [0, 0.05) is 6.04 Å². The third-order valence-electron chi connectivity index (χ3n) is 2.91. The maximum Gasteiger partial charge on any atom is 0.364 e. The van der Waals surface area contributed by atoms with Gasteiger partial charge in [-0.05, 0) is 32.0 Å². The van der Waals surface area contributed by atoms with Crippen molar-refractivity contribution in [3.05, 3.63) is 29.6 Å². The van der Waals surface area contributed by atoms with Crippen molar-refractivity contribution in [1.29, 1.82) is 5.26 Å². The van der Waals surface area contributed by atoms with Gasteiger partial charge in [-0.1, -0.05) is 0 Å². The minimum atomic E-state index is -4.34. The number of benzene rings is 1. The molecule has 7 heteroatoms. The lowest BCUT2D eigenvalue weighted by Crippen LogP contribution is -2.28. The van der Waals surface area contributed by atoms with Gasteiger partial charge in [-0.2, -0.15) is 14.0 Å². The van der Waals surface area contributed by atoms with Crippen LogP contribution >= 0.6 is 0 Å². The van der Waals surface area contributed by atoms with Gasteiger partial charge in [-0.25, -0.2) is 13.8 Å². The predicted octanol–water partition coefficient (Wildman–Crippen LogP) is 3.85. The van der Waals surface area contributed by atoms with Crippen LogP contribution in [0.2, 0.25) is 0 Å². The summed E-state index contributed by atoms with van der Waals surface area (Å²) in [6.45, 7) is 3.20. The second-order valence-electron chi connectivity index (χ2n) is 4.64. The quantitative estimate of drug-likeness (QED) is 0.804. The zero-order chi connectivity index (χ0) is 15.1. The van der Waals surface area contributed by atoms with Gasteiger partial charge < -0.3 is 4.57 Å². The maximum atomic E-state index is 13.6. The van der Waals surface area contributed by atoms with E-state index in [-0.39, 0.29) is 11.1 Å². The molecule has 20 heavy (non-hydrogen) atoms. The molecule has 0 radical (unpaired) electrons. The highest BCUT2D eigenvalue weighted by molar-refractivity contribution is 5.78. The van der Waals surface area contributed by atoms with Gasteiger partial charge in [-0.15, -0.1) is 0 Å². The zero-order valence-corrected chi connectivity index (χ0v) is 10.7. The first-order valence-corrected chi connectivity index (χ1v) is 5.87. The Morgan fingerprint density at radius 1 is 1.30 bits per heavy atom. The lowest BCUT2D eigenvalue weighted by Gasteiger charge is -2.19. The molecule has 0 aliphatic rings. The lowest BCUT2D eigenvalue weighted by molar-refractivity contribution is -0.142. The van der Waals surface area contributed by atoms with E-state index in [1.54, 1.807) is 13.8 Å². The number of hydrogen-bond acceptors (Lipinski definition) is 2. The summed E-state index contributed by atoms with van der Waals surface area (Å²) in [7, 11) is 0. The first-order valence-electron chi connectivity index (χ1n) is 5.87. The molecule has 1 aromatic carbocycles. The number of nitriles is 1. The van der Waals surface area contributed by atoms with Gasteiger partial charge in [0.2, 0.25) is 0 Å². The second kappa shape index (κ2) is 4.78. The maximum absolute atomic E-state index is 13.6. The summed E-state index contributed by atoms with van der Waals surface area (Å²) in [6.07, 6.45) is -3.84. The van der Waals surface area contributed by atoms with E-state index < -0.39 is 24.2 Å². The summed E-state index contributed by atoms with van der Waals surface area (Å²) in [5, 5.41) is 8.78. The summed E-state index contributed by atoms with van der Waals surface area (Å²) in [5.41, 5.74) is 0.639. The standard InChI is InChI=1S/C13H11F4N3/c1-7(2)20-10-4-3-8(6-18)5-9(10)19-12(20)13(16,17)11(14)15/h3-5,7,11H,1-2H3. The minimum absolute atomic E-state index is 0.105. The molecule has 0 N–H and O–H groups in total. The van der Waals surface area contributed by atoms with Crippen LogP contribution in [0.15, 0.2) is 18.2 Å². The Labute approximate surface area is 112 Å². The van der Waals surface area contributed by atoms with Crippen molar-refractivity contribution in [2.75, 3.05) is 0 Å². The van der Waals surface area contributed by atoms with E-state index in [4.69, 9.17) is 5.26 Å². The van der Waals surface area contributed by atoms with Crippen molar-refractivity contribution >= 4 is 11.0 Å². The topological polar surface area (TPSA) is 41.6 Å². The molecule has 2 aromatic rings. The molecule has 2 rings (SSSR count). The van der Waals surface area contributed by atoms with Crippen LogP contribution in [0.25, 0.3) is 11.0 Å². The van der Waals surface area contributed by atoms with Crippen molar-refractivity contribution in [1.82, 2.24) is 9.55 Å². The van der Waals surface area contributed by atoms with Crippen molar-refractivity contribution < 1.29 is 17.6 Å². The van der Waals surface area contributed by atoms with Gasteiger partial charge in [0.25, 0.3) is 0 Å². The van der Waals surface area contributed by atoms with Crippen LogP contribution in [-0.4, -0.2) is 16.0 Å². The molecule has 1 heterocycles. The monoisotopic (exact) mass is 285 g/mol. The number of imidazole rings is 1. The summed E-state index contributed by atoms with van der Waals surface area (Å²) in [4.78, 5) is 3.62. The molecule has 0 bridgehead atoms. The fraction of sp³-hybridized carbons (Fsp3) is 0.385. The molecule has 0 amide bonds. The van der Waals surface area contributed by atoms with Crippen molar-refractivity contribution in [3.63, 3.8) is 0 Å². The molecular weight excluding hydrogens is 274 g/mol. The van der Waals surface area contributed by atoms with Crippen molar-refractivity contribution in [2.24, 2.45) is 0 Å². The summed E-state index contributed by atoms with van der Waals surface area (Å²) < 4.78 is 53.4. The highest BCUT2D eigenvalue weighted by Crippen LogP contribution is 2.37.